The molecule has 1 amide bonds. The van der Waals surface area contributed by atoms with Crippen LogP contribution in [0.1, 0.15) is 6.42 Å². The quantitative estimate of drug-likeness (QED) is 0.689. The highest BCUT2D eigenvalue weighted by Gasteiger charge is 2.03. The summed E-state index contributed by atoms with van der Waals surface area (Å²) in [4.78, 5) is 15.2. The molecular weight excluding hydrogens is 300 g/mol. The van der Waals surface area contributed by atoms with Gasteiger partial charge in [-0.25, -0.2) is 4.98 Å². The number of carbonyl (C=O) groups is 1. The van der Waals surface area contributed by atoms with E-state index in [4.69, 9.17) is 0 Å². The molecule has 0 fully saturated rings. The summed E-state index contributed by atoms with van der Waals surface area (Å²) in [6, 6.07) is 3.57. The van der Waals surface area contributed by atoms with Gasteiger partial charge in [-0.15, -0.1) is 0 Å². The average molecular weight is 308 g/mol. The van der Waals surface area contributed by atoms with Crippen molar-refractivity contribution in [3.8, 4) is 0 Å². The monoisotopic (exact) mass is 306 g/mol. The Hall–Kier alpha value is -0.420. The fourth-order valence-corrected chi connectivity index (χ4v) is 1.49. The maximum atomic E-state index is 11.2. The van der Waals surface area contributed by atoms with Crippen LogP contribution in [0.15, 0.2) is 22.9 Å². The number of halogens is 2. The predicted molar refractivity (Wildman–Crippen MR) is 59.0 cm³/mol. The molecule has 70 valence electrons. The predicted octanol–water partition coefficient (Wildman–Crippen LogP) is 2.57. The number of carbonyl (C=O) groups excluding carboxylic acids is 1. The molecular formula is C8H8Br2N2O. The molecule has 13 heavy (non-hydrogen) atoms. The van der Waals surface area contributed by atoms with Crippen molar-refractivity contribution in [3.05, 3.63) is 22.9 Å². The van der Waals surface area contributed by atoms with E-state index in [1.807, 2.05) is 0 Å². The lowest BCUT2D eigenvalue weighted by Gasteiger charge is -2.04. The summed E-state index contributed by atoms with van der Waals surface area (Å²) < 4.78 is 0.651. The standard InChI is InChI=1S/C8H8Br2N2O/c9-4-3-7(13)12-6-2-1-5-11-8(6)10/h1-2,5H,3-4H2,(H,12,13). The summed E-state index contributed by atoms with van der Waals surface area (Å²) in [5, 5.41) is 3.40. The zero-order chi connectivity index (χ0) is 9.68. The summed E-state index contributed by atoms with van der Waals surface area (Å²) >= 11 is 6.43. The van der Waals surface area contributed by atoms with Crippen LogP contribution in [-0.2, 0) is 4.79 Å². The van der Waals surface area contributed by atoms with E-state index in [2.05, 4.69) is 42.2 Å². The molecule has 3 nitrogen and oxygen atoms in total. The Morgan fingerprint density at radius 2 is 2.38 bits per heavy atom. The Morgan fingerprint density at radius 1 is 1.62 bits per heavy atom. The van der Waals surface area contributed by atoms with Gasteiger partial charge in [-0.2, -0.15) is 0 Å². The second-order valence-electron chi connectivity index (χ2n) is 2.33. The lowest BCUT2D eigenvalue weighted by molar-refractivity contribution is -0.115. The average Bonchev–Trinajstić information content (AvgIpc) is 2.09. The van der Waals surface area contributed by atoms with Gasteiger partial charge in [0, 0.05) is 17.9 Å². The van der Waals surface area contributed by atoms with Crippen LogP contribution in [0.5, 0.6) is 0 Å². The molecule has 0 aliphatic heterocycles. The van der Waals surface area contributed by atoms with Gasteiger partial charge >= 0.3 is 0 Å². The van der Waals surface area contributed by atoms with Crippen molar-refractivity contribution < 1.29 is 4.79 Å². The van der Waals surface area contributed by atoms with Gasteiger partial charge in [0.1, 0.15) is 4.60 Å². The molecule has 0 saturated carbocycles. The van der Waals surface area contributed by atoms with E-state index in [0.717, 1.165) is 0 Å². The van der Waals surface area contributed by atoms with Crippen LogP contribution >= 0.6 is 31.9 Å². The Balaban J connectivity index is 2.63. The maximum absolute atomic E-state index is 11.2. The third kappa shape index (κ3) is 3.44. The SMILES string of the molecule is O=C(CCBr)Nc1cccnc1Br. The third-order valence-corrected chi connectivity index (χ3v) is 2.38. The van der Waals surface area contributed by atoms with Crippen LogP contribution in [0, 0.1) is 0 Å². The van der Waals surface area contributed by atoms with Crippen LogP contribution in [0.4, 0.5) is 5.69 Å². The lowest BCUT2D eigenvalue weighted by atomic mass is 10.4. The first-order valence-electron chi connectivity index (χ1n) is 3.70. The van der Waals surface area contributed by atoms with Crippen molar-refractivity contribution in [1.29, 1.82) is 0 Å². The van der Waals surface area contributed by atoms with Crippen molar-refractivity contribution in [1.82, 2.24) is 4.98 Å². The van der Waals surface area contributed by atoms with Crippen molar-refractivity contribution in [3.63, 3.8) is 0 Å². The second kappa shape index (κ2) is 5.34. The minimum atomic E-state index is -0.0226. The number of hydrogen-bond acceptors (Lipinski definition) is 2. The molecule has 0 spiro atoms. The third-order valence-electron chi connectivity index (χ3n) is 1.35. The first kappa shape index (κ1) is 10.7. The van der Waals surface area contributed by atoms with Gasteiger partial charge < -0.3 is 5.32 Å². The number of aromatic nitrogens is 1. The largest absolute Gasteiger partial charge is 0.324 e. The van der Waals surface area contributed by atoms with Gasteiger partial charge in [-0.1, -0.05) is 15.9 Å². The van der Waals surface area contributed by atoms with Crippen molar-refractivity contribution >= 4 is 43.5 Å². The summed E-state index contributed by atoms with van der Waals surface area (Å²) in [5.41, 5.74) is 0.702. The van der Waals surface area contributed by atoms with E-state index < -0.39 is 0 Å². The van der Waals surface area contributed by atoms with Crippen LogP contribution < -0.4 is 5.32 Å². The smallest absolute Gasteiger partial charge is 0.225 e. The number of pyridine rings is 1. The summed E-state index contributed by atoms with van der Waals surface area (Å²) in [5.74, 6) is -0.0226. The summed E-state index contributed by atoms with van der Waals surface area (Å²) in [7, 11) is 0. The molecule has 1 heterocycles. The van der Waals surface area contributed by atoms with Crippen LogP contribution in [0.2, 0.25) is 0 Å². The zero-order valence-electron chi connectivity index (χ0n) is 6.76. The highest BCUT2D eigenvalue weighted by molar-refractivity contribution is 9.10. The number of anilines is 1. The van der Waals surface area contributed by atoms with E-state index >= 15 is 0 Å². The Bertz CT molecular complexity index is 304. The van der Waals surface area contributed by atoms with Gasteiger partial charge in [0.15, 0.2) is 0 Å². The molecule has 0 radical (unpaired) electrons. The Kier molecular flexibility index (Phi) is 4.38. The molecule has 0 atom stereocenters. The van der Waals surface area contributed by atoms with Gasteiger partial charge in [0.2, 0.25) is 5.91 Å². The maximum Gasteiger partial charge on any atom is 0.225 e. The molecule has 0 aliphatic carbocycles. The van der Waals surface area contributed by atoms with Crippen LogP contribution in [-0.4, -0.2) is 16.2 Å². The molecule has 0 aliphatic rings. The van der Waals surface area contributed by atoms with Gasteiger partial charge in [0.05, 0.1) is 5.69 Å². The minimum Gasteiger partial charge on any atom is -0.324 e. The Morgan fingerprint density at radius 3 is 3.00 bits per heavy atom. The number of nitrogens with one attached hydrogen (secondary N) is 1. The van der Waals surface area contributed by atoms with Crippen molar-refractivity contribution in [2.75, 3.05) is 10.6 Å². The lowest BCUT2D eigenvalue weighted by Crippen LogP contribution is -2.12. The van der Waals surface area contributed by atoms with Crippen molar-refractivity contribution in [2.45, 2.75) is 6.42 Å². The number of rotatable bonds is 3. The Labute approximate surface area is 93.2 Å². The van der Waals surface area contributed by atoms with Gasteiger partial charge in [-0.3, -0.25) is 4.79 Å². The van der Waals surface area contributed by atoms with E-state index in [1.54, 1.807) is 18.3 Å². The van der Waals surface area contributed by atoms with E-state index in [9.17, 15) is 4.79 Å². The van der Waals surface area contributed by atoms with E-state index in [1.165, 1.54) is 0 Å². The molecule has 0 unspecified atom stereocenters. The fraction of sp³-hybridized carbons (Fsp3) is 0.250. The summed E-state index contributed by atoms with van der Waals surface area (Å²) in [6.45, 7) is 0. The number of alkyl halides is 1. The topological polar surface area (TPSA) is 42.0 Å². The normalized spacial score (nSPS) is 9.69. The first-order valence-corrected chi connectivity index (χ1v) is 5.62. The van der Waals surface area contributed by atoms with Crippen LogP contribution in [0.3, 0.4) is 0 Å². The second-order valence-corrected chi connectivity index (χ2v) is 3.87. The fourth-order valence-electron chi connectivity index (χ4n) is 0.778. The minimum absolute atomic E-state index is 0.0226. The molecule has 5 heteroatoms. The molecule has 1 aromatic rings. The number of nitrogens with zero attached hydrogens (tertiary/aromatic N) is 1. The zero-order valence-corrected chi connectivity index (χ0v) is 9.93. The molecule has 1 rings (SSSR count). The number of amides is 1. The van der Waals surface area contributed by atoms with Gasteiger partial charge in [0.25, 0.3) is 0 Å². The first-order chi connectivity index (χ1) is 6.24. The van der Waals surface area contributed by atoms with E-state index in [-0.39, 0.29) is 5.91 Å². The van der Waals surface area contributed by atoms with Gasteiger partial charge in [-0.05, 0) is 28.1 Å². The van der Waals surface area contributed by atoms with E-state index in [0.29, 0.717) is 22.0 Å². The molecule has 0 aromatic carbocycles. The molecule has 1 aromatic heterocycles. The molecule has 0 saturated heterocycles. The summed E-state index contributed by atoms with van der Waals surface area (Å²) in [6.07, 6.45) is 2.12. The van der Waals surface area contributed by atoms with Crippen LogP contribution in [0.25, 0.3) is 0 Å². The molecule has 0 bridgehead atoms. The van der Waals surface area contributed by atoms with Crippen molar-refractivity contribution in [2.24, 2.45) is 0 Å². The highest BCUT2D eigenvalue weighted by atomic mass is 79.9. The number of hydrogen-bond donors (Lipinski definition) is 1. The molecule has 1 N–H and O–H groups in total. The highest BCUT2D eigenvalue weighted by Crippen LogP contribution is 2.18.